The zero-order valence-corrected chi connectivity index (χ0v) is 22.5. The lowest BCUT2D eigenvalue weighted by Crippen LogP contribution is -2.05. The van der Waals surface area contributed by atoms with Crippen LogP contribution in [0.15, 0.2) is 71.5 Å². The van der Waals surface area contributed by atoms with Crippen molar-refractivity contribution in [2.45, 2.75) is 19.4 Å². The molecular weight excluding hydrogens is 506 g/mol. The maximum absolute atomic E-state index is 9.52. The number of nitrogens with one attached hydrogen (secondary N) is 1. The van der Waals surface area contributed by atoms with E-state index in [1.807, 2.05) is 54.9 Å². The molecule has 5 N–H and O–H groups in total. The number of allylic oxidation sites excluding steroid dienone is 1. The van der Waals surface area contributed by atoms with Crippen molar-refractivity contribution in [2.75, 3.05) is 27.1 Å². The van der Waals surface area contributed by atoms with Gasteiger partial charge in [0.15, 0.2) is 0 Å². The summed E-state index contributed by atoms with van der Waals surface area (Å²) in [6.07, 6.45) is 15.9. The predicted molar refractivity (Wildman–Crippen MR) is 161 cm³/mol. The Balaban J connectivity index is 0.00000118. The van der Waals surface area contributed by atoms with Crippen molar-refractivity contribution in [3.8, 4) is 11.5 Å². The molecule has 3 heterocycles. The molecule has 0 aliphatic carbocycles. The zero-order chi connectivity index (χ0) is 28.2. The van der Waals surface area contributed by atoms with Gasteiger partial charge in [-0.25, -0.2) is 0 Å². The Kier molecular flexibility index (Phi) is 10.5. The minimum atomic E-state index is -0.250. The summed E-state index contributed by atoms with van der Waals surface area (Å²) in [6.45, 7) is 0.614. The van der Waals surface area contributed by atoms with Crippen LogP contribution in [0, 0.1) is 0 Å². The first-order valence-corrected chi connectivity index (χ1v) is 13.1. The van der Waals surface area contributed by atoms with Gasteiger partial charge < -0.3 is 30.4 Å². The molecule has 0 saturated heterocycles. The zero-order valence-electron chi connectivity index (χ0n) is 22.5. The summed E-state index contributed by atoms with van der Waals surface area (Å²) in [4.78, 5) is 7.61. The molecule has 1 aliphatic rings. The highest BCUT2D eigenvalue weighted by molar-refractivity contribution is 5.83. The molecule has 9 nitrogen and oxygen atoms in total. The first-order valence-electron chi connectivity index (χ1n) is 13.1. The van der Waals surface area contributed by atoms with Crippen molar-refractivity contribution in [1.82, 2.24) is 14.8 Å². The van der Waals surface area contributed by atoms with Crippen molar-refractivity contribution in [1.29, 1.82) is 0 Å². The number of aliphatic hydroxyl groups excluding tert-OH is 2. The number of hydrogen-bond donors (Lipinski definition) is 4. The smallest absolute Gasteiger partial charge is 0.130 e. The topological polar surface area (TPSA) is 131 Å². The second kappa shape index (κ2) is 14.6. The first-order chi connectivity index (χ1) is 19.6. The van der Waals surface area contributed by atoms with Gasteiger partial charge >= 0.3 is 0 Å². The van der Waals surface area contributed by atoms with Crippen LogP contribution in [-0.2, 0) is 6.54 Å². The van der Waals surface area contributed by atoms with Crippen molar-refractivity contribution in [3.05, 3.63) is 89.0 Å². The molecule has 0 spiro atoms. The fourth-order valence-corrected chi connectivity index (χ4v) is 4.20. The lowest BCUT2D eigenvalue weighted by molar-refractivity contribution is 0.269. The van der Waals surface area contributed by atoms with Gasteiger partial charge in [-0.1, -0.05) is 24.3 Å². The molecule has 0 amide bonds. The Bertz CT molecular complexity index is 1510. The summed E-state index contributed by atoms with van der Waals surface area (Å²) in [5.41, 5.74) is 10.1. The molecule has 2 aromatic carbocycles. The Morgan fingerprint density at radius 3 is 2.67 bits per heavy atom. The standard InChI is InChI=1S/C30H30N4O3.CH5NO/c1-36-30-20-28(37-21-26-4-2-3-14-31-26)12-9-24(30)8-10-25-19-27(34(33-25)16-17-35)11-6-22-5-7-23-13-15-32-29(23)18-22;2-1-3/h4-15,18-20,32,35H,2-3,16-17,21H2,1H3;3H,1-2H2/b10-8+,11-6+;. The van der Waals surface area contributed by atoms with Gasteiger partial charge in [0.2, 0.25) is 0 Å². The number of hydrogen-bond acceptors (Lipinski definition) is 7. The highest BCUT2D eigenvalue weighted by Crippen LogP contribution is 2.27. The molecule has 208 valence electrons. The van der Waals surface area contributed by atoms with Crippen LogP contribution in [0.4, 0.5) is 0 Å². The van der Waals surface area contributed by atoms with Gasteiger partial charge in [0.25, 0.3) is 0 Å². The van der Waals surface area contributed by atoms with Crippen LogP contribution in [0.3, 0.4) is 0 Å². The fraction of sp³-hybridized carbons (Fsp3) is 0.226. The third kappa shape index (κ3) is 7.79. The van der Waals surface area contributed by atoms with Crippen LogP contribution in [0.1, 0.15) is 35.4 Å². The van der Waals surface area contributed by atoms with E-state index in [0.29, 0.717) is 18.9 Å². The number of ether oxygens (including phenoxy) is 2. The van der Waals surface area contributed by atoms with Crippen molar-refractivity contribution in [3.63, 3.8) is 0 Å². The molecule has 0 unspecified atom stereocenters. The second-order valence-corrected chi connectivity index (χ2v) is 8.89. The Labute approximate surface area is 233 Å². The summed E-state index contributed by atoms with van der Waals surface area (Å²) in [5.74, 6) is 1.44. The van der Waals surface area contributed by atoms with Gasteiger partial charge in [-0.3, -0.25) is 9.67 Å². The molecule has 4 aromatic rings. The molecule has 0 bridgehead atoms. The number of aromatic amines is 1. The van der Waals surface area contributed by atoms with Crippen LogP contribution in [0.2, 0.25) is 0 Å². The van der Waals surface area contributed by atoms with Crippen LogP contribution >= 0.6 is 0 Å². The Hall–Kier alpha value is -4.44. The van der Waals surface area contributed by atoms with Gasteiger partial charge in [-0.2, -0.15) is 5.10 Å². The fourth-order valence-electron chi connectivity index (χ4n) is 4.20. The molecule has 9 heteroatoms. The van der Waals surface area contributed by atoms with E-state index in [0.717, 1.165) is 52.3 Å². The van der Waals surface area contributed by atoms with Crippen molar-refractivity contribution < 1.29 is 19.7 Å². The molecular formula is C31H35N5O4. The molecule has 0 atom stereocenters. The number of aliphatic hydroxyl groups is 2. The van der Waals surface area contributed by atoms with Gasteiger partial charge in [0, 0.05) is 29.6 Å². The lowest BCUT2D eigenvalue weighted by Gasteiger charge is -2.11. The maximum atomic E-state index is 9.52. The Morgan fingerprint density at radius 1 is 1.02 bits per heavy atom. The predicted octanol–water partition coefficient (Wildman–Crippen LogP) is 4.73. The lowest BCUT2D eigenvalue weighted by atomic mass is 10.1. The number of methoxy groups -OCH3 is 1. The van der Waals surface area contributed by atoms with E-state index >= 15 is 0 Å². The molecule has 0 saturated carbocycles. The maximum Gasteiger partial charge on any atom is 0.130 e. The number of H-pyrrole nitrogens is 1. The molecule has 2 aromatic heterocycles. The van der Waals surface area contributed by atoms with Crippen molar-refractivity contribution in [2.24, 2.45) is 10.7 Å². The monoisotopic (exact) mass is 541 g/mol. The average molecular weight is 542 g/mol. The summed E-state index contributed by atoms with van der Waals surface area (Å²) in [5, 5.41) is 22.7. The number of nitrogens with zero attached hydrogens (tertiary/aromatic N) is 3. The number of aliphatic imine (C=N–C) groups is 1. The van der Waals surface area contributed by atoms with E-state index in [1.54, 1.807) is 11.8 Å². The number of nitrogens with two attached hydrogens (primary N) is 1. The summed E-state index contributed by atoms with van der Waals surface area (Å²) < 4.78 is 13.3. The third-order valence-corrected chi connectivity index (χ3v) is 6.13. The van der Waals surface area contributed by atoms with Crippen LogP contribution in [0.5, 0.6) is 11.5 Å². The van der Waals surface area contributed by atoms with E-state index in [9.17, 15) is 5.11 Å². The minimum Gasteiger partial charge on any atom is -0.496 e. The number of aromatic nitrogens is 3. The van der Waals surface area contributed by atoms with E-state index in [1.165, 1.54) is 5.39 Å². The highest BCUT2D eigenvalue weighted by atomic mass is 16.5. The summed E-state index contributed by atoms with van der Waals surface area (Å²) >= 11 is 0. The normalized spacial score (nSPS) is 13.1. The van der Waals surface area contributed by atoms with Gasteiger partial charge in [0.1, 0.15) is 18.1 Å². The SMILES string of the molecule is COc1cc(OCC2=CCCC=N2)ccc1/C=C/c1cc(/C=C/c2ccc3cc[nH]c3c2)n(CCO)n1.NCO. The van der Waals surface area contributed by atoms with E-state index in [-0.39, 0.29) is 13.3 Å². The average Bonchev–Trinajstić information content (AvgIpc) is 3.61. The van der Waals surface area contributed by atoms with E-state index in [2.05, 4.69) is 57.2 Å². The van der Waals surface area contributed by atoms with E-state index < -0.39 is 0 Å². The van der Waals surface area contributed by atoms with Crippen LogP contribution < -0.4 is 15.2 Å². The third-order valence-electron chi connectivity index (χ3n) is 6.13. The molecule has 1 aliphatic heterocycles. The van der Waals surface area contributed by atoms with Crippen molar-refractivity contribution >= 4 is 41.4 Å². The Morgan fingerprint density at radius 2 is 1.90 bits per heavy atom. The minimum absolute atomic E-state index is 0.0115. The highest BCUT2D eigenvalue weighted by Gasteiger charge is 2.07. The van der Waals surface area contributed by atoms with Gasteiger partial charge in [0.05, 0.1) is 44.1 Å². The number of benzene rings is 2. The summed E-state index contributed by atoms with van der Waals surface area (Å²) in [6, 6.07) is 16.1. The van der Waals surface area contributed by atoms with Crippen LogP contribution in [0.25, 0.3) is 35.2 Å². The number of rotatable bonds is 10. The van der Waals surface area contributed by atoms with Gasteiger partial charge in [-0.05, 0) is 72.4 Å². The molecule has 0 fully saturated rings. The molecule has 5 rings (SSSR count). The summed E-state index contributed by atoms with van der Waals surface area (Å²) in [7, 11) is 1.65. The quantitative estimate of drug-likeness (QED) is 0.215. The van der Waals surface area contributed by atoms with Crippen LogP contribution in [-0.4, -0.2) is 58.2 Å². The largest absolute Gasteiger partial charge is 0.496 e. The first kappa shape index (κ1) is 28.6. The second-order valence-electron chi connectivity index (χ2n) is 8.89. The van der Waals surface area contributed by atoms with Gasteiger partial charge in [-0.15, -0.1) is 0 Å². The number of fused-ring (bicyclic) bond motifs is 1. The molecule has 40 heavy (non-hydrogen) atoms. The molecule has 0 radical (unpaired) electrons. The van der Waals surface area contributed by atoms with E-state index in [4.69, 9.17) is 14.6 Å².